The van der Waals surface area contributed by atoms with E-state index in [1.165, 1.54) is 83.2 Å². The molecule has 206 valence electrons. The van der Waals surface area contributed by atoms with Gasteiger partial charge in [0.05, 0.1) is 12.1 Å². The van der Waals surface area contributed by atoms with Gasteiger partial charge in [-0.3, -0.25) is 4.99 Å². The smallest absolute Gasteiger partial charge is 0.119 e. The van der Waals surface area contributed by atoms with Crippen molar-refractivity contribution >= 4 is 17.9 Å². The normalized spacial score (nSPS) is 16.3. The van der Waals surface area contributed by atoms with E-state index in [-0.39, 0.29) is 5.54 Å². The maximum Gasteiger partial charge on any atom is 0.119 e. The number of ether oxygens (including phenoxy) is 1. The van der Waals surface area contributed by atoms with Crippen LogP contribution in [0.25, 0.3) is 22.8 Å². The van der Waals surface area contributed by atoms with E-state index < -0.39 is 0 Å². The Balaban J connectivity index is 1.58. The molecule has 0 N–H and O–H groups in total. The van der Waals surface area contributed by atoms with Crippen LogP contribution in [-0.4, -0.2) is 12.8 Å². The average molecular weight is 522 g/mol. The molecule has 1 aliphatic heterocycles. The highest BCUT2D eigenvalue weighted by Gasteiger charge is 2.30. The fourth-order valence-corrected chi connectivity index (χ4v) is 5.90. The Kier molecular flexibility index (Phi) is 10.6. The van der Waals surface area contributed by atoms with Crippen molar-refractivity contribution in [2.75, 3.05) is 6.61 Å². The molecule has 0 atom stereocenters. The zero-order valence-electron chi connectivity index (χ0n) is 24.6. The van der Waals surface area contributed by atoms with Gasteiger partial charge in [-0.25, -0.2) is 0 Å². The molecule has 3 aromatic rings. The second-order valence-corrected chi connectivity index (χ2v) is 11.0. The van der Waals surface area contributed by atoms with Gasteiger partial charge in [0, 0.05) is 6.21 Å². The summed E-state index contributed by atoms with van der Waals surface area (Å²) < 4.78 is 6.19. The van der Waals surface area contributed by atoms with Gasteiger partial charge < -0.3 is 4.74 Å². The lowest BCUT2D eigenvalue weighted by Gasteiger charge is -2.30. The molecule has 0 saturated heterocycles. The molecule has 1 heterocycles. The summed E-state index contributed by atoms with van der Waals surface area (Å²) in [6.45, 7) is 9.84. The molecule has 3 aromatic carbocycles. The molecule has 39 heavy (non-hydrogen) atoms. The number of benzene rings is 3. The van der Waals surface area contributed by atoms with E-state index in [1.54, 1.807) is 0 Å². The predicted molar refractivity (Wildman–Crippen MR) is 169 cm³/mol. The summed E-state index contributed by atoms with van der Waals surface area (Å²) in [5.41, 5.74) is 6.10. The highest BCUT2D eigenvalue weighted by Crippen LogP contribution is 2.39. The van der Waals surface area contributed by atoms with E-state index in [4.69, 9.17) is 9.73 Å². The van der Waals surface area contributed by atoms with E-state index in [2.05, 4.69) is 101 Å². The van der Waals surface area contributed by atoms with Crippen molar-refractivity contribution < 1.29 is 4.74 Å². The molecule has 4 rings (SSSR count). The van der Waals surface area contributed by atoms with Gasteiger partial charge in [-0.1, -0.05) is 114 Å². The molecule has 0 amide bonds. The van der Waals surface area contributed by atoms with Crippen molar-refractivity contribution in [3.63, 3.8) is 0 Å². The molecule has 0 spiro atoms. The molecule has 1 aliphatic rings. The molecule has 2 nitrogen and oxygen atoms in total. The Bertz CT molecular complexity index is 1360. The molecule has 0 radical (unpaired) electrons. The van der Waals surface area contributed by atoms with E-state index in [1.807, 2.05) is 6.21 Å². The van der Waals surface area contributed by atoms with Gasteiger partial charge in [-0.2, -0.15) is 0 Å². The standard InChI is InChI=1S/C37H47NO/c1-5-8-9-10-11-12-13-16-26-39-33-20-17-19-31(27-33)32-22-23-36-35(28-32)29(4)34-21-15-14-18-30(34)24-25-38-37(36,6-2)7-3/h14-15,17-25,27-28H,5-13,16,26H2,1-4H3/b30-24-,34-29+,38-25?. The van der Waals surface area contributed by atoms with Gasteiger partial charge in [0.2, 0.25) is 0 Å². The minimum absolute atomic E-state index is 0.228. The molecule has 0 bridgehead atoms. The Morgan fingerprint density at radius 3 is 2.21 bits per heavy atom. The number of unbranched alkanes of at least 4 members (excludes halogenated alkanes) is 7. The highest BCUT2D eigenvalue weighted by molar-refractivity contribution is 5.92. The Hall–Kier alpha value is -3.13. The number of rotatable bonds is 13. The topological polar surface area (TPSA) is 21.6 Å². The number of nitrogens with zero attached hydrogens (tertiary/aromatic N) is 1. The van der Waals surface area contributed by atoms with E-state index >= 15 is 0 Å². The van der Waals surface area contributed by atoms with Gasteiger partial charge in [0.1, 0.15) is 5.75 Å². The fraction of sp³-hybridized carbons (Fsp3) is 0.432. The van der Waals surface area contributed by atoms with E-state index in [0.717, 1.165) is 31.6 Å². The maximum atomic E-state index is 6.19. The number of hydrogen-bond acceptors (Lipinski definition) is 2. The van der Waals surface area contributed by atoms with Crippen LogP contribution in [0.4, 0.5) is 0 Å². The summed E-state index contributed by atoms with van der Waals surface area (Å²) in [5, 5.41) is 2.49. The molecular formula is C37H47NO. The van der Waals surface area contributed by atoms with Crippen LogP contribution >= 0.6 is 0 Å². The van der Waals surface area contributed by atoms with Crippen LogP contribution in [0.1, 0.15) is 103 Å². The summed E-state index contributed by atoms with van der Waals surface area (Å²) in [4.78, 5) is 5.16. The Morgan fingerprint density at radius 1 is 0.718 bits per heavy atom. The largest absolute Gasteiger partial charge is 0.494 e. The van der Waals surface area contributed by atoms with E-state index in [9.17, 15) is 0 Å². The summed E-state index contributed by atoms with van der Waals surface area (Å²) in [7, 11) is 0. The second-order valence-electron chi connectivity index (χ2n) is 11.0. The molecule has 0 aliphatic carbocycles. The van der Waals surface area contributed by atoms with Gasteiger partial charge in [-0.05, 0) is 88.7 Å². The maximum absolute atomic E-state index is 6.19. The molecule has 0 fully saturated rings. The summed E-state index contributed by atoms with van der Waals surface area (Å²) in [6.07, 6.45) is 16.6. The highest BCUT2D eigenvalue weighted by atomic mass is 16.5. The van der Waals surface area contributed by atoms with Crippen molar-refractivity contribution in [1.29, 1.82) is 0 Å². The van der Waals surface area contributed by atoms with Gasteiger partial charge >= 0.3 is 0 Å². The van der Waals surface area contributed by atoms with Gasteiger partial charge in [-0.15, -0.1) is 0 Å². The first-order chi connectivity index (χ1) is 19.1. The lowest BCUT2D eigenvalue weighted by atomic mass is 9.79. The van der Waals surface area contributed by atoms with Crippen LogP contribution in [0.5, 0.6) is 5.75 Å². The number of aliphatic imine (C=N–C) groups is 1. The number of fused-ring (bicyclic) bond motifs is 2. The SMILES string of the molecule is CCCCCCCCCCOc1cccc(-c2ccc3c(c2)/C(C)=c2\cccc\c2=C\C=NC3(CC)CC)c1. The minimum atomic E-state index is -0.228. The van der Waals surface area contributed by atoms with Crippen LogP contribution in [0.3, 0.4) is 0 Å². The first-order valence-corrected chi connectivity index (χ1v) is 15.3. The third kappa shape index (κ3) is 7.10. The number of hydrogen-bond donors (Lipinski definition) is 0. The first-order valence-electron chi connectivity index (χ1n) is 15.3. The molecule has 0 unspecified atom stereocenters. The lowest BCUT2D eigenvalue weighted by Crippen LogP contribution is -2.27. The van der Waals surface area contributed by atoms with Crippen LogP contribution in [0.2, 0.25) is 0 Å². The quantitative estimate of drug-likeness (QED) is 0.206. The van der Waals surface area contributed by atoms with Crippen molar-refractivity contribution in [2.24, 2.45) is 4.99 Å². The third-order valence-electron chi connectivity index (χ3n) is 8.47. The molecule has 0 aromatic heterocycles. The Morgan fingerprint density at radius 2 is 1.44 bits per heavy atom. The zero-order valence-corrected chi connectivity index (χ0v) is 24.6. The van der Waals surface area contributed by atoms with Crippen LogP contribution in [0, 0.1) is 0 Å². The average Bonchev–Trinajstić information content (AvgIpc) is 3.03. The molecular weight excluding hydrogens is 474 g/mol. The first kappa shape index (κ1) is 28.9. The van der Waals surface area contributed by atoms with Gasteiger partial charge in [0.15, 0.2) is 0 Å². The van der Waals surface area contributed by atoms with E-state index in [0.29, 0.717) is 0 Å². The summed E-state index contributed by atoms with van der Waals surface area (Å²) >= 11 is 0. The lowest BCUT2D eigenvalue weighted by molar-refractivity contribution is 0.304. The van der Waals surface area contributed by atoms with Crippen molar-refractivity contribution in [3.8, 4) is 16.9 Å². The minimum Gasteiger partial charge on any atom is -0.494 e. The van der Waals surface area contributed by atoms with Crippen LogP contribution < -0.4 is 15.2 Å². The van der Waals surface area contributed by atoms with Crippen molar-refractivity contribution in [3.05, 3.63) is 88.3 Å². The summed E-state index contributed by atoms with van der Waals surface area (Å²) in [6, 6.07) is 24.2. The fourth-order valence-electron chi connectivity index (χ4n) is 5.90. The third-order valence-corrected chi connectivity index (χ3v) is 8.47. The van der Waals surface area contributed by atoms with Crippen molar-refractivity contribution in [1.82, 2.24) is 0 Å². The van der Waals surface area contributed by atoms with Crippen LogP contribution in [-0.2, 0) is 5.54 Å². The van der Waals surface area contributed by atoms with Crippen molar-refractivity contribution in [2.45, 2.75) is 97.4 Å². The van der Waals surface area contributed by atoms with Crippen LogP contribution in [0.15, 0.2) is 71.7 Å². The van der Waals surface area contributed by atoms with Gasteiger partial charge in [0.25, 0.3) is 0 Å². The predicted octanol–water partition coefficient (Wildman–Crippen LogP) is 8.97. The molecule has 0 saturated carbocycles. The summed E-state index contributed by atoms with van der Waals surface area (Å²) in [5.74, 6) is 0.959. The zero-order chi connectivity index (χ0) is 27.5. The Labute approximate surface area is 236 Å². The monoisotopic (exact) mass is 521 g/mol. The second kappa shape index (κ2) is 14.3. The molecule has 2 heteroatoms.